The molecular weight excluding hydrogens is 238 g/mol. The van der Waals surface area contributed by atoms with E-state index in [0.717, 1.165) is 23.7 Å². The Balaban J connectivity index is 1.99. The monoisotopic (exact) mass is 253 g/mol. The van der Waals surface area contributed by atoms with Gasteiger partial charge in [0.1, 0.15) is 11.9 Å². The Hall–Kier alpha value is -1.10. The minimum atomic E-state index is -0.286. The molecule has 17 heavy (non-hydrogen) atoms. The van der Waals surface area contributed by atoms with Crippen molar-refractivity contribution in [1.82, 2.24) is 4.90 Å². The molecule has 1 aliphatic rings. The lowest BCUT2D eigenvalue weighted by molar-refractivity contribution is 0.00237. The van der Waals surface area contributed by atoms with Crippen LogP contribution in [0.3, 0.4) is 0 Å². The van der Waals surface area contributed by atoms with E-state index in [4.69, 9.17) is 27.5 Å². The summed E-state index contributed by atoms with van der Waals surface area (Å²) >= 11 is 6.12. The molecule has 0 saturated carbocycles. The summed E-state index contributed by atoms with van der Waals surface area (Å²) in [7, 11) is 0. The van der Waals surface area contributed by atoms with Crippen LogP contribution in [-0.4, -0.2) is 36.5 Å². The average Bonchev–Trinajstić information content (AvgIpc) is 2.32. The minimum Gasteiger partial charge on any atom is -0.385 e. The zero-order chi connectivity index (χ0) is 12.3. The van der Waals surface area contributed by atoms with E-state index in [-0.39, 0.29) is 11.9 Å². The molecule has 2 rings (SSSR count). The number of hydrogen-bond acceptors (Lipinski definition) is 3. The molecular formula is C12H16ClN3O. The van der Waals surface area contributed by atoms with Gasteiger partial charge in [-0.25, -0.2) is 0 Å². The first-order valence-corrected chi connectivity index (χ1v) is 5.96. The molecule has 1 saturated heterocycles. The summed E-state index contributed by atoms with van der Waals surface area (Å²) in [6.45, 7) is 2.87. The molecule has 1 aliphatic heterocycles. The zero-order valence-electron chi connectivity index (χ0n) is 9.53. The van der Waals surface area contributed by atoms with Crippen LogP contribution in [0.15, 0.2) is 24.3 Å². The lowest BCUT2D eigenvalue weighted by Gasteiger charge is -2.32. The topological polar surface area (TPSA) is 62.3 Å². The van der Waals surface area contributed by atoms with Crippen molar-refractivity contribution < 1.29 is 4.74 Å². The van der Waals surface area contributed by atoms with Crippen molar-refractivity contribution in [3.8, 4) is 0 Å². The van der Waals surface area contributed by atoms with Gasteiger partial charge < -0.3 is 10.5 Å². The van der Waals surface area contributed by atoms with Crippen LogP contribution in [0.4, 0.5) is 0 Å². The van der Waals surface area contributed by atoms with Gasteiger partial charge >= 0.3 is 0 Å². The number of morpholine rings is 1. The van der Waals surface area contributed by atoms with Gasteiger partial charge in [-0.05, 0) is 11.6 Å². The Morgan fingerprint density at radius 2 is 2.29 bits per heavy atom. The molecule has 1 fully saturated rings. The van der Waals surface area contributed by atoms with Gasteiger partial charge in [0, 0.05) is 24.7 Å². The van der Waals surface area contributed by atoms with Gasteiger partial charge in [-0.3, -0.25) is 10.3 Å². The Kier molecular flexibility index (Phi) is 3.99. The van der Waals surface area contributed by atoms with Crippen molar-refractivity contribution in [2.45, 2.75) is 12.6 Å². The quantitative estimate of drug-likeness (QED) is 0.634. The molecule has 0 aliphatic carbocycles. The maximum atomic E-state index is 7.40. The maximum Gasteiger partial charge on any atom is 0.127 e. The van der Waals surface area contributed by atoms with Crippen molar-refractivity contribution in [1.29, 1.82) is 5.41 Å². The molecule has 1 unspecified atom stereocenters. The van der Waals surface area contributed by atoms with E-state index in [0.29, 0.717) is 13.2 Å². The van der Waals surface area contributed by atoms with Gasteiger partial charge in [-0.2, -0.15) is 0 Å². The smallest absolute Gasteiger partial charge is 0.127 e. The van der Waals surface area contributed by atoms with Crippen LogP contribution in [0.5, 0.6) is 0 Å². The number of nitrogens with zero attached hydrogens (tertiary/aromatic N) is 1. The van der Waals surface area contributed by atoms with Crippen molar-refractivity contribution in [3.05, 3.63) is 34.9 Å². The fraction of sp³-hybridized carbons (Fsp3) is 0.417. The lowest BCUT2D eigenvalue weighted by Crippen LogP contribution is -2.47. The summed E-state index contributed by atoms with van der Waals surface area (Å²) in [5, 5.41) is 8.18. The highest BCUT2D eigenvalue weighted by molar-refractivity contribution is 6.31. The normalized spacial score (nSPS) is 21.4. The van der Waals surface area contributed by atoms with Crippen LogP contribution >= 0.6 is 11.6 Å². The Morgan fingerprint density at radius 3 is 3.00 bits per heavy atom. The van der Waals surface area contributed by atoms with Gasteiger partial charge in [-0.15, -0.1) is 0 Å². The van der Waals surface area contributed by atoms with E-state index in [2.05, 4.69) is 4.90 Å². The Bertz CT molecular complexity index is 410. The van der Waals surface area contributed by atoms with Crippen LogP contribution in [0.1, 0.15) is 5.56 Å². The van der Waals surface area contributed by atoms with Gasteiger partial charge in [0.2, 0.25) is 0 Å². The first-order chi connectivity index (χ1) is 8.16. The van der Waals surface area contributed by atoms with Crippen LogP contribution in [0.25, 0.3) is 0 Å². The Labute approximate surface area is 106 Å². The fourth-order valence-electron chi connectivity index (χ4n) is 1.90. The van der Waals surface area contributed by atoms with Crippen molar-refractivity contribution in [2.24, 2.45) is 5.73 Å². The van der Waals surface area contributed by atoms with E-state index >= 15 is 0 Å². The molecule has 0 amide bonds. The first kappa shape index (κ1) is 12.4. The third-order valence-electron chi connectivity index (χ3n) is 2.85. The summed E-state index contributed by atoms with van der Waals surface area (Å²) in [5.41, 5.74) is 6.55. The van der Waals surface area contributed by atoms with E-state index in [1.54, 1.807) is 0 Å². The number of hydrogen-bond donors (Lipinski definition) is 2. The second-order valence-corrected chi connectivity index (χ2v) is 4.55. The standard InChI is InChI=1S/C12H16ClN3O/c13-10-4-2-1-3-9(10)7-16-5-6-17-11(8-16)12(14)15/h1-4,11H,5-8H2,(H3,14,15). The van der Waals surface area contributed by atoms with Crippen molar-refractivity contribution in [2.75, 3.05) is 19.7 Å². The maximum absolute atomic E-state index is 7.40. The van der Waals surface area contributed by atoms with Gasteiger partial charge in [0.15, 0.2) is 0 Å². The van der Waals surface area contributed by atoms with E-state index in [1.807, 2.05) is 24.3 Å². The molecule has 1 aromatic carbocycles. The number of nitrogens with two attached hydrogens (primary N) is 1. The third-order valence-corrected chi connectivity index (χ3v) is 3.22. The number of ether oxygens (including phenoxy) is 1. The molecule has 1 aromatic rings. The number of halogens is 1. The number of rotatable bonds is 3. The SMILES string of the molecule is N=C(N)C1CN(Cc2ccccc2Cl)CCO1. The highest BCUT2D eigenvalue weighted by Gasteiger charge is 2.22. The van der Waals surface area contributed by atoms with E-state index in [1.165, 1.54) is 0 Å². The zero-order valence-corrected chi connectivity index (χ0v) is 10.3. The first-order valence-electron chi connectivity index (χ1n) is 5.58. The molecule has 0 spiro atoms. The van der Waals surface area contributed by atoms with Crippen LogP contribution in [-0.2, 0) is 11.3 Å². The Morgan fingerprint density at radius 1 is 1.53 bits per heavy atom. The summed E-state index contributed by atoms with van der Waals surface area (Å²) in [5.74, 6) is 0.0915. The minimum absolute atomic E-state index is 0.0915. The second-order valence-electron chi connectivity index (χ2n) is 4.14. The lowest BCUT2D eigenvalue weighted by atomic mass is 10.2. The predicted molar refractivity (Wildman–Crippen MR) is 68.4 cm³/mol. The van der Waals surface area contributed by atoms with Crippen molar-refractivity contribution in [3.63, 3.8) is 0 Å². The number of nitrogens with one attached hydrogen (secondary N) is 1. The predicted octanol–water partition coefficient (Wildman–Crippen LogP) is 1.48. The van der Waals surface area contributed by atoms with Gasteiger partial charge in [0.05, 0.1) is 6.61 Å². The van der Waals surface area contributed by atoms with Crippen LogP contribution in [0.2, 0.25) is 5.02 Å². The van der Waals surface area contributed by atoms with Crippen molar-refractivity contribution >= 4 is 17.4 Å². The second kappa shape index (κ2) is 5.49. The van der Waals surface area contributed by atoms with Gasteiger partial charge in [0.25, 0.3) is 0 Å². The molecule has 3 N–H and O–H groups in total. The number of benzene rings is 1. The van der Waals surface area contributed by atoms with E-state index < -0.39 is 0 Å². The molecule has 0 bridgehead atoms. The molecule has 0 aromatic heterocycles. The summed E-state index contributed by atoms with van der Waals surface area (Å²) in [4.78, 5) is 2.21. The van der Waals surface area contributed by atoms with E-state index in [9.17, 15) is 0 Å². The number of amidine groups is 1. The summed E-state index contributed by atoms with van der Waals surface area (Å²) in [6, 6.07) is 7.80. The summed E-state index contributed by atoms with van der Waals surface area (Å²) < 4.78 is 5.41. The van der Waals surface area contributed by atoms with Crippen LogP contribution in [0, 0.1) is 5.41 Å². The molecule has 5 heteroatoms. The largest absolute Gasteiger partial charge is 0.385 e. The highest BCUT2D eigenvalue weighted by atomic mass is 35.5. The third kappa shape index (κ3) is 3.19. The highest BCUT2D eigenvalue weighted by Crippen LogP contribution is 2.18. The fourth-order valence-corrected chi connectivity index (χ4v) is 2.10. The molecule has 1 atom stereocenters. The van der Waals surface area contributed by atoms with Gasteiger partial charge in [-0.1, -0.05) is 29.8 Å². The summed E-state index contributed by atoms with van der Waals surface area (Å²) in [6.07, 6.45) is -0.286. The van der Waals surface area contributed by atoms with Crippen LogP contribution < -0.4 is 5.73 Å². The molecule has 4 nitrogen and oxygen atoms in total. The molecule has 0 radical (unpaired) electrons. The average molecular weight is 254 g/mol. The molecule has 1 heterocycles. The molecule has 92 valence electrons.